The average molecular weight is 750 g/mol. The van der Waals surface area contributed by atoms with Crippen molar-refractivity contribution in [2.45, 2.75) is 69.9 Å². The van der Waals surface area contributed by atoms with Gasteiger partial charge in [0.15, 0.2) is 0 Å². The molecule has 3 aliphatic rings. The number of nitrogens with zero attached hydrogens (tertiary/aromatic N) is 5. The predicted octanol–water partition coefficient (Wildman–Crippen LogP) is 8.26. The van der Waals surface area contributed by atoms with Crippen molar-refractivity contribution in [1.82, 2.24) is 45.1 Å². The number of hydrogen-bond donors (Lipinski definition) is 4. The Bertz CT molecular complexity index is 2310. The lowest BCUT2D eigenvalue weighted by atomic mass is 9.78. The Morgan fingerprint density at radius 1 is 0.714 bits per heavy atom. The van der Waals surface area contributed by atoms with E-state index in [1.165, 1.54) is 26.4 Å². The van der Waals surface area contributed by atoms with Gasteiger partial charge in [-0.25, -0.2) is 19.7 Å². The number of aromatic nitrogens is 7. The number of aromatic amines is 3. The molecule has 0 spiro atoms. The first-order chi connectivity index (χ1) is 27.3. The van der Waals surface area contributed by atoms with Gasteiger partial charge in [0.25, 0.3) is 0 Å². The van der Waals surface area contributed by atoms with Gasteiger partial charge in [0, 0.05) is 36.3 Å². The molecule has 2 aliphatic carbocycles. The number of nitrogens with one attached hydrogen (secondary N) is 4. The molecule has 1 aliphatic heterocycles. The highest BCUT2D eigenvalue weighted by Crippen LogP contribution is 2.60. The van der Waals surface area contributed by atoms with E-state index in [-0.39, 0.29) is 17.9 Å². The summed E-state index contributed by atoms with van der Waals surface area (Å²) in [7, 11) is 1.30. The van der Waals surface area contributed by atoms with Gasteiger partial charge in [-0.05, 0) is 84.2 Å². The lowest BCUT2D eigenvalue weighted by molar-refractivity contribution is -0.135. The van der Waals surface area contributed by atoms with Gasteiger partial charge in [0.1, 0.15) is 23.5 Å². The van der Waals surface area contributed by atoms with E-state index >= 15 is 0 Å². The van der Waals surface area contributed by atoms with Crippen LogP contribution in [0.25, 0.3) is 44.9 Å². The highest BCUT2D eigenvalue weighted by atomic mass is 16.5. The van der Waals surface area contributed by atoms with Crippen LogP contribution in [-0.2, 0) is 9.53 Å². The molecule has 4 aromatic heterocycles. The van der Waals surface area contributed by atoms with Crippen molar-refractivity contribution in [3.63, 3.8) is 0 Å². The molecule has 5 heterocycles. The van der Waals surface area contributed by atoms with Crippen LogP contribution in [-0.4, -0.2) is 71.5 Å². The van der Waals surface area contributed by atoms with Gasteiger partial charge in [0.05, 0.1) is 48.8 Å². The molecule has 12 nitrogen and oxygen atoms in total. The third kappa shape index (κ3) is 6.67. The number of rotatable bonds is 10. The number of fused-ring (bicyclic) bond motifs is 2. The Kier molecular flexibility index (Phi) is 9.48. The second-order valence-corrected chi connectivity index (χ2v) is 15.9. The molecule has 2 bridgehead atoms. The molecule has 2 amide bonds. The molecule has 286 valence electrons. The molecule has 6 aromatic rings. The van der Waals surface area contributed by atoms with E-state index in [4.69, 9.17) is 19.7 Å². The highest BCUT2D eigenvalue weighted by molar-refractivity contribution is 5.86. The summed E-state index contributed by atoms with van der Waals surface area (Å²) < 4.78 is 4.77. The number of imidazole rings is 3. The summed E-state index contributed by atoms with van der Waals surface area (Å²) in [4.78, 5) is 57.0. The van der Waals surface area contributed by atoms with E-state index in [0.717, 1.165) is 75.2 Å². The number of likely N-dealkylation sites (tertiary alicyclic amines) is 1. The molecular weight excluding hydrogens is 703 g/mol. The van der Waals surface area contributed by atoms with Gasteiger partial charge in [-0.1, -0.05) is 62.4 Å². The van der Waals surface area contributed by atoms with E-state index < -0.39 is 12.1 Å². The zero-order valence-corrected chi connectivity index (χ0v) is 31.9. The lowest BCUT2D eigenvalue weighted by Gasteiger charge is -2.30. The maximum absolute atomic E-state index is 13.6. The second-order valence-electron chi connectivity index (χ2n) is 15.9. The second kappa shape index (κ2) is 14.9. The number of carbonyl (C=O) groups is 2. The highest BCUT2D eigenvalue weighted by Gasteiger charge is 2.51. The average Bonchev–Trinajstić information content (AvgIpc) is 4.10. The number of hydrogen-bond acceptors (Lipinski definition) is 7. The van der Waals surface area contributed by atoms with Crippen molar-refractivity contribution in [2.24, 2.45) is 17.8 Å². The van der Waals surface area contributed by atoms with Crippen LogP contribution in [0.4, 0.5) is 4.79 Å². The van der Waals surface area contributed by atoms with Gasteiger partial charge in [0.2, 0.25) is 5.91 Å². The monoisotopic (exact) mass is 749 g/mol. The largest absolute Gasteiger partial charge is 0.453 e. The maximum atomic E-state index is 13.6. The van der Waals surface area contributed by atoms with Gasteiger partial charge >= 0.3 is 6.09 Å². The van der Waals surface area contributed by atoms with Gasteiger partial charge < -0.3 is 29.9 Å². The number of benzene rings is 2. The SMILES string of the molecule is COC(=O)N[C@H](C(=O)N1CCC[C@H]1c1ncc(-c2ccc(-c3ccc(-c4cnc(C5C6CCC(C6)[C@@H]5c5ncc(-c6cccnc6)[nH]5)[nH]4)cc3)cc2)[nH]1)C(C)C. The molecule has 2 aromatic carbocycles. The van der Waals surface area contributed by atoms with Crippen LogP contribution in [0, 0.1) is 17.8 Å². The van der Waals surface area contributed by atoms with E-state index in [1.807, 2.05) is 49.6 Å². The van der Waals surface area contributed by atoms with Gasteiger partial charge in [-0.3, -0.25) is 9.78 Å². The van der Waals surface area contributed by atoms with Crippen molar-refractivity contribution in [1.29, 1.82) is 0 Å². The number of carbonyl (C=O) groups excluding carboxylic acids is 2. The topological polar surface area (TPSA) is 158 Å². The van der Waals surface area contributed by atoms with E-state index in [1.54, 1.807) is 6.20 Å². The van der Waals surface area contributed by atoms with Crippen LogP contribution in [0.3, 0.4) is 0 Å². The first-order valence-electron chi connectivity index (χ1n) is 19.8. The molecule has 4 N–H and O–H groups in total. The Hall–Kier alpha value is -6.04. The molecule has 6 atom stereocenters. The molecule has 12 heteroatoms. The number of ether oxygens (including phenoxy) is 1. The van der Waals surface area contributed by atoms with Crippen molar-refractivity contribution < 1.29 is 14.3 Å². The third-order valence-electron chi connectivity index (χ3n) is 12.3. The minimum Gasteiger partial charge on any atom is -0.453 e. The summed E-state index contributed by atoms with van der Waals surface area (Å²) in [5, 5.41) is 2.71. The van der Waals surface area contributed by atoms with Crippen LogP contribution in [0.5, 0.6) is 0 Å². The van der Waals surface area contributed by atoms with Crippen molar-refractivity contribution in [3.8, 4) is 44.9 Å². The molecule has 3 fully saturated rings. The summed E-state index contributed by atoms with van der Waals surface area (Å²) in [6.45, 7) is 4.45. The first-order valence-corrected chi connectivity index (χ1v) is 19.8. The zero-order chi connectivity index (χ0) is 38.3. The van der Waals surface area contributed by atoms with Crippen LogP contribution in [0.2, 0.25) is 0 Å². The Labute approximate surface area is 326 Å². The minimum atomic E-state index is -0.670. The fraction of sp³-hybridized carbons (Fsp3) is 0.364. The number of pyridine rings is 1. The van der Waals surface area contributed by atoms with Crippen LogP contribution < -0.4 is 5.32 Å². The number of alkyl carbamates (subject to hydrolysis) is 1. The minimum absolute atomic E-state index is 0.0883. The zero-order valence-electron chi connectivity index (χ0n) is 31.9. The lowest BCUT2D eigenvalue weighted by Crippen LogP contribution is -2.51. The number of amides is 2. The van der Waals surface area contributed by atoms with Crippen LogP contribution in [0.15, 0.2) is 91.6 Å². The van der Waals surface area contributed by atoms with Crippen LogP contribution in [0.1, 0.15) is 81.3 Å². The quantitative estimate of drug-likeness (QED) is 0.110. The number of methoxy groups -OCH3 is 1. The summed E-state index contributed by atoms with van der Waals surface area (Å²) in [5.41, 5.74) is 8.33. The number of H-pyrrole nitrogens is 3. The van der Waals surface area contributed by atoms with Crippen molar-refractivity contribution in [3.05, 3.63) is 109 Å². The van der Waals surface area contributed by atoms with Crippen molar-refractivity contribution >= 4 is 12.0 Å². The predicted molar refractivity (Wildman–Crippen MR) is 213 cm³/mol. The fourth-order valence-corrected chi connectivity index (χ4v) is 9.44. The summed E-state index contributed by atoms with van der Waals surface area (Å²) in [5.74, 6) is 4.50. The smallest absolute Gasteiger partial charge is 0.407 e. The fourth-order valence-electron chi connectivity index (χ4n) is 9.44. The van der Waals surface area contributed by atoms with Gasteiger partial charge in [-0.2, -0.15) is 0 Å². The van der Waals surface area contributed by atoms with E-state index in [0.29, 0.717) is 30.2 Å². The summed E-state index contributed by atoms with van der Waals surface area (Å²) in [6.07, 6.45) is 14.2. The standard InChI is InChI=1S/C44H47N9O3/c1-25(2)39(52-44(55)56-3)43(54)53-19-5-7-36(53)40-46-22-33(49-40)28-12-8-26(9-13-28)27-10-14-29(15-11-27)34-23-47-41(50-34)37-30-16-17-31(20-30)38(37)42-48-24-35(51-42)32-6-4-18-45-21-32/h4,6,8-15,18,21-25,30-31,36-39H,5,7,16-17,19-20H2,1-3H3,(H,46,49)(H,47,50)(H,48,51)(H,52,55)/t30?,31?,36-,37?,38-,39-/m0/s1. The molecule has 0 radical (unpaired) electrons. The molecule has 3 unspecified atom stereocenters. The molecule has 1 saturated heterocycles. The Balaban J connectivity index is 0.872. The molecule has 9 rings (SSSR count). The Morgan fingerprint density at radius 3 is 1.79 bits per heavy atom. The molecular formula is C44H47N9O3. The summed E-state index contributed by atoms with van der Waals surface area (Å²) >= 11 is 0. The third-order valence-corrected chi connectivity index (χ3v) is 12.3. The van der Waals surface area contributed by atoms with Crippen molar-refractivity contribution in [2.75, 3.05) is 13.7 Å². The normalized spacial score (nSPS) is 22.1. The van der Waals surface area contributed by atoms with Gasteiger partial charge in [-0.15, -0.1) is 0 Å². The molecule has 2 saturated carbocycles. The van der Waals surface area contributed by atoms with Crippen LogP contribution >= 0.6 is 0 Å². The summed E-state index contributed by atoms with van der Waals surface area (Å²) in [6, 6.07) is 20.2. The van der Waals surface area contributed by atoms with E-state index in [9.17, 15) is 9.59 Å². The molecule has 56 heavy (non-hydrogen) atoms. The van der Waals surface area contributed by atoms with E-state index in [2.05, 4.69) is 79.9 Å². The Morgan fingerprint density at radius 2 is 1.25 bits per heavy atom. The maximum Gasteiger partial charge on any atom is 0.407 e. The first kappa shape index (κ1) is 35.6.